The molecule has 0 aliphatic carbocycles. The zero-order chi connectivity index (χ0) is 17.0. The summed E-state index contributed by atoms with van der Waals surface area (Å²) in [6.07, 6.45) is 5.27. The number of rotatable bonds is 5. The summed E-state index contributed by atoms with van der Waals surface area (Å²) in [7, 11) is 1.85. The van der Waals surface area contributed by atoms with E-state index in [0.29, 0.717) is 6.54 Å². The van der Waals surface area contributed by atoms with Crippen LogP contribution >= 0.6 is 0 Å². The van der Waals surface area contributed by atoms with Crippen LogP contribution in [0.2, 0.25) is 0 Å². The van der Waals surface area contributed by atoms with Crippen LogP contribution in [0.25, 0.3) is 5.57 Å². The second kappa shape index (κ2) is 7.22. The molecule has 0 saturated carbocycles. The summed E-state index contributed by atoms with van der Waals surface area (Å²) in [6.45, 7) is 6.33. The van der Waals surface area contributed by atoms with Crippen molar-refractivity contribution in [2.24, 2.45) is 7.05 Å². The number of hydrogen-bond donors (Lipinski definition) is 0. The number of amides is 1. The van der Waals surface area contributed by atoms with Gasteiger partial charge in [0.1, 0.15) is 5.82 Å². The molecule has 2 rings (SSSR count). The topological polar surface area (TPSA) is 38.1 Å². The maximum absolute atomic E-state index is 13.0. The summed E-state index contributed by atoms with van der Waals surface area (Å²) in [5.74, 6) is -0.348. The van der Waals surface area contributed by atoms with Gasteiger partial charge in [-0.1, -0.05) is 12.1 Å². The fourth-order valence-electron chi connectivity index (χ4n) is 2.33. The number of benzene rings is 1. The molecular formula is C18H22FN3O. The largest absolute Gasteiger partial charge is 0.332 e. The lowest BCUT2D eigenvalue weighted by Crippen LogP contribution is -2.35. The van der Waals surface area contributed by atoms with E-state index < -0.39 is 0 Å². The Bertz CT molecular complexity index is 701. The molecule has 23 heavy (non-hydrogen) atoms. The average molecular weight is 315 g/mol. The lowest BCUT2D eigenvalue weighted by molar-refractivity contribution is -0.128. The molecule has 0 spiro atoms. The van der Waals surface area contributed by atoms with Gasteiger partial charge in [0.15, 0.2) is 0 Å². The summed E-state index contributed by atoms with van der Waals surface area (Å²) in [5.41, 5.74) is 2.64. The van der Waals surface area contributed by atoms with Crippen LogP contribution < -0.4 is 0 Å². The number of hydrogen-bond acceptors (Lipinski definition) is 2. The van der Waals surface area contributed by atoms with E-state index in [2.05, 4.69) is 5.10 Å². The maximum Gasteiger partial charge on any atom is 0.247 e. The van der Waals surface area contributed by atoms with Gasteiger partial charge >= 0.3 is 0 Å². The van der Waals surface area contributed by atoms with Crippen molar-refractivity contribution in [1.29, 1.82) is 0 Å². The number of carbonyl (C=O) groups excluding carboxylic acids is 1. The van der Waals surface area contributed by atoms with Gasteiger partial charge in [-0.25, -0.2) is 4.39 Å². The van der Waals surface area contributed by atoms with Crippen molar-refractivity contribution in [3.05, 3.63) is 59.7 Å². The Morgan fingerprint density at radius 1 is 1.35 bits per heavy atom. The molecule has 5 heteroatoms. The molecule has 1 amide bonds. The predicted octanol–water partition coefficient (Wildman–Crippen LogP) is 3.40. The summed E-state index contributed by atoms with van der Waals surface area (Å²) in [5, 5.41) is 4.13. The molecule has 0 radical (unpaired) electrons. The molecule has 1 aromatic heterocycles. The Morgan fingerprint density at radius 3 is 2.52 bits per heavy atom. The Balaban J connectivity index is 2.17. The van der Waals surface area contributed by atoms with Gasteiger partial charge in [-0.15, -0.1) is 0 Å². The highest BCUT2D eigenvalue weighted by molar-refractivity contribution is 5.95. The monoisotopic (exact) mass is 315 g/mol. The second-order valence-electron chi connectivity index (χ2n) is 5.92. The summed E-state index contributed by atoms with van der Waals surface area (Å²) < 4.78 is 14.7. The third-order valence-electron chi connectivity index (χ3n) is 3.66. The molecule has 0 N–H and O–H groups in total. The van der Waals surface area contributed by atoms with Gasteiger partial charge in [-0.3, -0.25) is 9.48 Å². The molecule has 0 fully saturated rings. The van der Waals surface area contributed by atoms with Crippen molar-refractivity contribution >= 4 is 11.5 Å². The molecule has 0 aliphatic rings. The second-order valence-corrected chi connectivity index (χ2v) is 5.92. The number of allylic oxidation sites excluding steroid dienone is 1. The minimum Gasteiger partial charge on any atom is -0.332 e. The predicted molar refractivity (Wildman–Crippen MR) is 88.9 cm³/mol. The number of aryl methyl sites for hydroxylation is 1. The van der Waals surface area contributed by atoms with E-state index in [-0.39, 0.29) is 17.8 Å². The molecule has 0 aliphatic heterocycles. The first kappa shape index (κ1) is 16.9. The van der Waals surface area contributed by atoms with Crippen LogP contribution in [0.1, 0.15) is 31.9 Å². The molecular weight excluding hydrogens is 293 g/mol. The van der Waals surface area contributed by atoms with E-state index in [0.717, 1.165) is 16.7 Å². The van der Waals surface area contributed by atoms with Crippen molar-refractivity contribution in [2.45, 2.75) is 33.4 Å². The van der Waals surface area contributed by atoms with E-state index in [1.54, 1.807) is 34.0 Å². The summed E-state index contributed by atoms with van der Waals surface area (Å²) >= 11 is 0. The SMILES string of the molecule is CC(=CC(=O)N(Cc1cnn(C)c1)C(C)C)c1ccc(F)cc1. The van der Waals surface area contributed by atoms with Gasteiger partial charge in [0.2, 0.25) is 5.91 Å². The van der Waals surface area contributed by atoms with Crippen LogP contribution in [0.3, 0.4) is 0 Å². The number of halogens is 1. The third-order valence-corrected chi connectivity index (χ3v) is 3.66. The molecule has 1 aromatic carbocycles. The molecule has 0 unspecified atom stereocenters. The highest BCUT2D eigenvalue weighted by atomic mass is 19.1. The maximum atomic E-state index is 13.0. The zero-order valence-electron chi connectivity index (χ0n) is 14.0. The van der Waals surface area contributed by atoms with Crippen LogP contribution in [-0.4, -0.2) is 26.6 Å². The van der Waals surface area contributed by atoms with Crippen molar-refractivity contribution in [2.75, 3.05) is 0 Å². The van der Waals surface area contributed by atoms with Crippen molar-refractivity contribution in [1.82, 2.24) is 14.7 Å². The highest BCUT2D eigenvalue weighted by Gasteiger charge is 2.16. The van der Waals surface area contributed by atoms with Crippen LogP contribution in [0.15, 0.2) is 42.7 Å². The summed E-state index contributed by atoms with van der Waals surface area (Å²) in [4.78, 5) is 14.4. The fraction of sp³-hybridized carbons (Fsp3) is 0.333. The fourth-order valence-corrected chi connectivity index (χ4v) is 2.33. The summed E-state index contributed by atoms with van der Waals surface area (Å²) in [6, 6.07) is 6.21. The Morgan fingerprint density at radius 2 is 2.00 bits per heavy atom. The molecule has 2 aromatic rings. The van der Waals surface area contributed by atoms with Gasteiger partial charge in [-0.05, 0) is 44.0 Å². The molecule has 0 bridgehead atoms. The number of nitrogens with zero attached hydrogens (tertiary/aromatic N) is 3. The van der Waals surface area contributed by atoms with Crippen LogP contribution in [0.5, 0.6) is 0 Å². The average Bonchev–Trinajstić information content (AvgIpc) is 2.90. The lowest BCUT2D eigenvalue weighted by atomic mass is 10.1. The lowest BCUT2D eigenvalue weighted by Gasteiger charge is -2.25. The molecule has 1 heterocycles. The Kier molecular flexibility index (Phi) is 5.32. The van der Waals surface area contributed by atoms with E-state index in [1.807, 2.05) is 34.0 Å². The number of carbonyl (C=O) groups is 1. The molecule has 4 nitrogen and oxygen atoms in total. The minimum absolute atomic E-state index is 0.0642. The quantitative estimate of drug-likeness (QED) is 0.793. The van der Waals surface area contributed by atoms with E-state index in [4.69, 9.17) is 0 Å². The first-order valence-corrected chi connectivity index (χ1v) is 7.59. The van der Waals surface area contributed by atoms with E-state index in [1.165, 1.54) is 12.1 Å². The van der Waals surface area contributed by atoms with Crippen molar-refractivity contribution in [3.63, 3.8) is 0 Å². The zero-order valence-corrected chi connectivity index (χ0v) is 14.0. The first-order chi connectivity index (χ1) is 10.9. The number of aromatic nitrogens is 2. The Labute approximate surface area is 136 Å². The van der Waals surface area contributed by atoms with E-state index >= 15 is 0 Å². The van der Waals surface area contributed by atoms with Gasteiger partial charge in [0, 0.05) is 37.5 Å². The molecule has 122 valence electrons. The van der Waals surface area contributed by atoms with Crippen molar-refractivity contribution < 1.29 is 9.18 Å². The van der Waals surface area contributed by atoms with Crippen molar-refractivity contribution in [3.8, 4) is 0 Å². The molecule has 0 atom stereocenters. The highest BCUT2D eigenvalue weighted by Crippen LogP contribution is 2.16. The molecule has 0 saturated heterocycles. The van der Waals surface area contributed by atoms with Gasteiger partial charge < -0.3 is 4.90 Å². The minimum atomic E-state index is -0.284. The third kappa shape index (κ3) is 4.52. The van der Waals surface area contributed by atoms with Gasteiger partial charge in [-0.2, -0.15) is 5.10 Å². The van der Waals surface area contributed by atoms with Crippen LogP contribution in [0, 0.1) is 5.82 Å². The smallest absolute Gasteiger partial charge is 0.247 e. The van der Waals surface area contributed by atoms with Gasteiger partial charge in [0.05, 0.1) is 6.20 Å². The van der Waals surface area contributed by atoms with Gasteiger partial charge in [0.25, 0.3) is 0 Å². The Hall–Kier alpha value is -2.43. The van der Waals surface area contributed by atoms with E-state index in [9.17, 15) is 9.18 Å². The normalized spacial score (nSPS) is 11.8. The van der Waals surface area contributed by atoms with Crippen LogP contribution in [-0.2, 0) is 18.4 Å². The standard InChI is InChI=1S/C18H22FN3O/c1-13(2)22(12-15-10-20-21(4)11-15)18(23)9-14(3)16-5-7-17(19)8-6-16/h5-11,13H,12H2,1-4H3. The first-order valence-electron chi connectivity index (χ1n) is 7.59. The van der Waals surface area contributed by atoms with Crippen LogP contribution in [0.4, 0.5) is 4.39 Å².